The van der Waals surface area contributed by atoms with Crippen molar-refractivity contribution in [3.05, 3.63) is 73.3 Å². The van der Waals surface area contributed by atoms with Gasteiger partial charge in [-0.25, -0.2) is 14.2 Å². The first kappa shape index (κ1) is 21.8. The molecular weight excluding hydrogens is 442 g/mol. The van der Waals surface area contributed by atoms with E-state index in [1.54, 1.807) is 37.1 Å². The van der Waals surface area contributed by atoms with Crippen LogP contribution in [0, 0.1) is 5.82 Å². The number of aromatic amines is 1. The number of fused-ring (bicyclic) bond motifs is 3. The van der Waals surface area contributed by atoms with Gasteiger partial charge in [-0.15, -0.1) is 0 Å². The molecule has 2 N–H and O–H groups in total. The van der Waals surface area contributed by atoms with Gasteiger partial charge in [-0.1, -0.05) is 6.07 Å². The minimum atomic E-state index is -5.08. The number of nitrogens with one attached hydrogen (secondary N) is 1. The van der Waals surface area contributed by atoms with Crippen LogP contribution in [0.4, 0.5) is 17.6 Å². The summed E-state index contributed by atoms with van der Waals surface area (Å²) in [5.41, 5.74) is 4.28. The lowest BCUT2D eigenvalue weighted by molar-refractivity contribution is -0.192. The third-order valence-corrected chi connectivity index (χ3v) is 4.61. The zero-order valence-corrected chi connectivity index (χ0v) is 16.5. The molecule has 0 aliphatic rings. The number of pyridine rings is 4. The summed E-state index contributed by atoms with van der Waals surface area (Å²) < 4.78 is 46.4. The van der Waals surface area contributed by atoms with E-state index in [9.17, 15) is 17.6 Å². The number of carboxylic acids is 1. The fraction of sp³-hybridized carbons (Fsp3) is 0.0455. The number of aliphatic carboxylic acids is 1. The Morgan fingerprint density at radius 2 is 1.58 bits per heavy atom. The van der Waals surface area contributed by atoms with Gasteiger partial charge in [-0.05, 0) is 24.3 Å². The van der Waals surface area contributed by atoms with Gasteiger partial charge in [0.25, 0.3) is 0 Å². The molecule has 11 heteroatoms. The lowest BCUT2D eigenvalue weighted by Crippen LogP contribution is -2.21. The summed E-state index contributed by atoms with van der Waals surface area (Å²) in [6.07, 6.45) is 4.68. The molecule has 5 heterocycles. The molecule has 166 valence electrons. The molecule has 0 aliphatic heterocycles. The third-order valence-electron chi connectivity index (χ3n) is 4.61. The van der Waals surface area contributed by atoms with Crippen molar-refractivity contribution in [2.75, 3.05) is 0 Å². The summed E-state index contributed by atoms with van der Waals surface area (Å²) in [5, 5.41) is 8.71. The molecule has 5 rings (SSSR count). The number of carboxylic acid groups (broad SMARTS) is 1. The van der Waals surface area contributed by atoms with E-state index in [1.165, 1.54) is 6.20 Å². The van der Waals surface area contributed by atoms with Crippen LogP contribution in [0.3, 0.4) is 0 Å². The highest BCUT2D eigenvalue weighted by Crippen LogP contribution is 2.36. The van der Waals surface area contributed by atoms with Gasteiger partial charge in [-0.3, -0.25) is 15.0 Å². The monoisotopic (exact) mass is 455 g/mol. The second-order valence-corrected chi connectivity index (χ2v) is 6.73. The first-order valence-corrected chi connectivity index (χ1v) is 9.32. The fourth-order valence-corrected chi connectivity index (χ4v) is 3.20. The van der Waals surface area contributed by atoms with Gasteiger partial charge in [-0.2, -0.15) is 13.2 Å². The summed E-state index contributed by atoms with van der Waals surface area (Å²) in [6, 6.07) is 9.37. The van der Waals surface area contributed by atoms with Gasteiger partial charge in [0.05, 0.1) is 23.6 Å². The number of rotatable bonds is 2. The van der Waals surface area contributed by atoms with Crippen molar-refractivity contribution < 1.29 is 27.5 Å². The Hall–Kier alpha value is -4.41. The van der Waals surface area contributed by atoms with Crippen LogP contribution in [0.1, 0.15) is 0 Å². The van der Waals surface area contributed by atoms with E-state index in [0.29, 0.717) is 16.8 Å². The number of alkyl halides is 3. The van der Waals surface area contributed by atoms with Gasteiger partial charge >= 0.3 is 12.1 Å². The number of carbonyl (C=O) groups is 1. The molecule has 33 heavy (non-hydrogen) atoms. The highest BCUT2D eigenvalue weighted by atomic mass is 19.4. The molecule has 5 aromatic heterocycles. The highest BCUT2D eigenvalue weighted by molar-refractivity contribution is 6.13. The van der Waals surface area contributed by atoms with E-state index in [2.05, 4.69) is 24.9 Å². The van der Waals surface area contributed by atoms with Crippen LogP contribution in [0.2, 0.25) is 0 Å². The normalized spacial score (nSPS) is 11.3. The predicted octanol–water partition coefficient (Wildman–Crippen LogP) is 5.01. The van der Waals surface area contributed by atoms with E-state index in [-0.39, 0.29) is 5.82 Å². The smallest absolute Gasteiger partial charge is 0.475 e. The molecular formula is C22H13F4N5O2. The highest BCUT2D eigenvalue weighted by Gasteiger charge is 2.38. The molecule has 0 radical (unpaired) electrons. The van der Waals surface area contributed by atoms with Crippen LogP contribution in [-0.4, -0.2) is 42.2 Å². The number of halogens is 4. The molecule has 5 aromatic rings. The van der Waals surface area contributed by atoms with Gasteiger partial charge in [0.15, 0.2) is 0 Å². The summed E-state index contributed by atoms with van der Waals surface area (Å²) >= 11 is 0. The average molecular weight is 455 g/mol. The molecule has 0 atom stereocenters. The number of H-pyrrole nitrogens is 1. The van der Waals surface area contributed by atoms with Crippen LogP contribution in [0.5, 0.6) is 0 Å². The maximum Gasteiger partial charge on any atom is 0.490 e. The van der Waals surface area contributed by atoms with Crippen molar-refractivity contribution in [3.8, 4) is 22.4 Å². The molecule has 0 spiro atoms. The Kier molecular flexibility index (Phi) is 5.69. The topological polar surface area (TPSA) is 105 Å². The zero-order valence-electron chi connectivity index (χ0n) is 16.5. The van der Waals surface area contributed by atoms with E-state index in [1.807, 2.05) is 24.3 Å². The summed E-state index contributed by atoms with van der Waals surface area (Å²) in [7, 11) is 0. The van der Waals surface area contributed by atoms with Crippen LogP contribution < -0.4 is 0 Å². The molecule has 0 aromatic carbocycles. The molecule has 0 aliphatic carbocycles. The maximum absolute atomic E-state index is 14.7. The summed E-state index contributed by atoms with van der Waals surface area (Å²) in [5.74, 6) is -3.14. The van der Waals surface area contributed by atoms with Crippen LogP contribution in [0.15, 0.2) is 67.5 Å². The number of hydrogen-bond donors (Lipinski definition) is 2. The van der Waals surface area contributed by atoms with Gasteiger partial charge in [0.2, 0.25) is 0 Å². The summed E-state index contributed by atoms with van der Waals surface area (Å²) in [4.78, 5) is 29.1. The third kappa shape index (κ3) is 4.47. The Morgan fingerprint density at radius 1 is 0.939 bits per heavy atom. The number of aromatic nitrogens is 5. The second-order valence-electron chi connectivity index (χ2n) is 6.73. The molecule has 0 saturated heterocycles. The van der Waals surface area contributed by atoms with Crippen molar-refractivity contribution in [2.24, 2.45) is 0 Å². The van der Waals surface area contributed by atoms with Crippen LogP contribution in [0.25, 0.3) is 44.3 Å². The number of nitrogens with zero attached hydrogens (tertiary/aromatic N) is 4. The largest absolute Gasteiger partial charge is 0.490 e. The first-order valence-electron chi connectivity index (χ1n) is 9.32. The molecule has 0 bridgehead atoms. The minimum absolute atomic E-state index is 0.383. The Balaban J connectivity index is 0.000000325. The maximum atomic E-state index is 14.7. The molecule has 0 unspecified atom stereocenters. The first-order chi connectivity index (χ1) is 15.8. The lowest BCUT2D eigenvalue weighted by Gasteiger charge is -2.06. The Labute approximate surface area is 182 Å². The van der Waals surface area contributed by atoms with Crippen molar-refractivity contribution >= 4 is 27.9 Å². The fourth-order valence-electron chi connectivity index (χ4n) is 3.20. The zero-order chi connectivity index (χ0) is 23.6. The molecule has 0 fully saturated rings. The van der Waals surface area contributed by atoms with Gasteiger partial charge in [0, 0.05) is 52.3 Å². The van der Waals surface area contributed by atoms with Crippen molar-refractivity contribution in [3.63, 3.8) is 0 Å². The van der Waals surface area contributed by atoms with Crippen LogP contribution >= 0.6 is 0 Å². The summed E-state index contributed by atoms with van der Waals surface area (Å²) in [6.45, 7) is 0. The van der Waals surface area contributed by atoms with E-state index < -0.39 is 12.1 Å². The predicted molar refractivity (Wildman–Crippen MR) is 112 cm³/mol. The SMILES string of the molecule is Fc1cnc2[nH]c3cnc(-c4cccnc4)cc3c2c1-c1cccnc1.O=C(O)C(F)(F)F. The second kappa shape index (κ2) is 8.61. The van der Waals surface area contributed by atoms with Gasteiger partial charge in [0.1, 0.15) is 11.5 Å². The van der Waals surface area contributed by atoms with E-state index in [4.69, 9.17) is 9.90 Å². The minimum Gasteiger partial charge on any atom is -0.475 e. The van der Waals surface area contributed by atoms with Crippen molar-refractivity contribution in [1.29, 1.82) is 0 Å². The van der Waals surface area contributed by atoms with E-state index >= 15 is 0 Å². The lowest BCUT2D eigenvalue weighted by atomic mass is 10.0. The Bertz CT molecular complexity index is 1440. The molecule has 0 amide bonds. The van der Waals surface area contributed by atoms with Crippen LogP contribution in [-0.2, 0) is 4.79 Å². The van der Waals surface area contributed by atoms with E-state index in [0.717, 1.165) is 27.5 Å². The van der Waals surface area contributed by atoms with Crippen molar-refractivity contribution in [2.45, 2.75) is 6.18 Å². The standard InChI is InChI=1S/C20H12FN5.C2HF3O2/c21-15-10-25-20-19(18(15)13-4-2-6-23-9-13)14-7-16(24-11-17(14)26-20)12-3-1-5-22-8-12;3-2(4,5)1(6)7/h1-11H,(H,25,26);(H,6,7). The Morgan fingerprint density at radius 3 is 2.15 bits per heavy atom. The number of hydrogen-bond acceptors (Lipinski definition) is 5. The quantitative estimate of drug-likeness (QED) is 0.363. The molecule has 0 saturated carbocycles. The van der Waals surface area contributed by atoms with Crippen molar-refractivity contribution in [1.82, 2.24) is 24.9 Å². The van der Waals surface area contributed by atoms with Gasteiger partial charge < -0.3 is 10.1 Å². The average Bonchev–Trinajstić information content (AvgIpc) is 3.18. The molecule has 7 nitrogen and oxygen atoms in total.